The minimum absolute atomic E-state index is 0. The second-order valence-electron chi connectivity index (χ2n) is 7.29. The number of amides is 1. The van der Waals surface area contributed by atoms with Gasteiger partial charge in [-0.2, -0.15) is 0 Å². The summed E-state index contributed by atoms with van der Waals surface area (Å²) in [5, 5.41) is 9.21. The highest BCUT2D eigenvalue weighted by atomic mass is 127. The maximum Gasteiger partial charge on any atom is 0.239 e. The van der Waals surface area contributed by atoms with E-state index in [0.717, 1.165) is 23.3 Å². The van der Waals surface area contributed by atoms with E-state index >= 15 is 0 Å². The van der Waals surface area contributed by atoms with Gasteiger partial charge in [-0.25, -0.2) is 4.99 Å². The lowest BCUT2D eigenvalue weighted by Gasteiger charge is -2.14. The molecule has 0 spiro atoms. The summed E-state index contributed by atoms with van der Waals surface area (Å²) in [5.41, 5.74) is 3.31. The lowest BCUT2D eigenvalue weighted by Crippen LogP contribution is -2.43. The Morgan fingerprint density at radius 1 is 1.00 bits per heavy atom. The molecule has 3 N–H and O–H groups in total. The zero-order valence-electron chi connectivity index (χ0n) is 19.9. The second kappa shape index (κ2) is 17.2. The summed E-state index contributed by atoms with van der Waals surface area (Å²) in [5.74, 6) is 1.33. The van der Waals surface area contributed by atoms with Gasteiger partial charge in [0.25, 0.3) is 0 Å². The van der Waals surface area contributed by atoms with Crippen LogP contribution in [0.15, 0.2) is 53.5 Å². The Balaban J connectivity index is 0.00000544. The minimum atomic E-state index is -0.0678. The number of carbonyl (C=O) groups is 1. The first-order valence-electron chi connectivity index (χ1n) is 11.2. The van der Waals surface area contributed by atoms with Crippen LogP contribution < -0.4 is 20.7 Å². The van der Waals surface area contributed by atoms with Crippen LogP contribution in [-0.2, 0) is 22.5 Å². The van der Waals surface area contributed by atoms with Gasteiger partial charge in [-0.1, -0.05) is 42.5 Å². The predicted octanol–water partition coefficient (Wildman–Crippen LogP) is 3.44. The normalized spacial score (nSPS) is 10.8. The van der Waals surface area contributed by atoms with Gasteiger partial charge in [-0.15, -0.1) is 24.0 Å². The van der Waals surface area contributed by atoms with Crippen LogP contribution in [0.25, 0.3) is 0 Å². The molecule has 0 fully saturated rings. The first-order chi connectivity index (χ1) is 15.6. The zero-order chi connectivity index (χ0) is 23.0. The van der Waals surface area contributed by atoms with Crippen molar-refractivity contribution in [1.29, 1.82) is 0 Å². The highest BCUT2D eigenvalue weighted by Crippen LogP contribution is 2.21. The molecule has 0 aromatic heterocycles. The molecule has 0 saturated heterocycles. The number of aryl methyl sites for hydroxylation is 1. The van der Waals surface area contributed by atoms with Gasteiger partial charge in [0.05, 0.1) is 19.7 Å². The number of halogens is 1. The molecule has 0 radical (unpaired) electrons. The largest absolute Gasteiger partial charge is 0.491 e. The van der Waals surface area contributed by atoms with E-state index in [1.165, 1.54) is 5.56 Å². The fraction of sp³-hybridized carbons (Fsp3) is 0.440. The summed E-state index contributed by atoms with van der Waals surface area (Å²) in [7, 11) is 0. The molecule has 0 aliphatic carbocycles. The van der Waals surface area contributed by atoms with Gasteiger partial charge in [-0.05, 0) is 44.4 Å². The number of nitrogens with zero attached hydrogens (tertiary/aromatic N) is 1. The highest BCUT2D eigenvalue weighted by molar-refractivity contribution is 14.0. The van der Waals surface area contributed by atoms with Crippen molar-refractivity contribution >= 4 is 35.8 Å². The molecule has 0 atom stereocenters. The summed E-state index contributed by atoms with van der Waals surface area (Å²) in [6.45, 7) is 9.61. The molecular formula is C25H37IN4O3. The molecule has 2 aromatic rings. The van der Waals surface area contributed by atoms with Gasteiger partial charge in [-0.3, -0.25) is 4.79 Å². The Morgan fingerprint density at radius 3 is 2.52 bits per heavy atom. The molecule has 0 unspecified atom stereocenters. The summed E-state index contributed by atoms with van der Waals surface area (Å²) in [4.78, 5) is 16.8. The molecule has 1 amide bonds. The number of ether oxygens (including phenoxy) is 2. The zero-order valence-corrected chi connectivity index (χ0v) is 22.2. The van der Waals surface area contributed by atoms with E-state index in [-0.39, 0.29) is 36.4 Å². The Bertz CT molecular complexity index is 847. The number of hydrogen-bond acceptors (Lipinski definition) is 4. The van der Waals surface area contributed by atoms with Crippen molar-refractivity contribution in [2.75, 3.05) is 39.5 Å². The van der Waals surface area contributed by atoms with E-state index in [1.54, 1.807) is 0 Å². The van der Waals surface area contributed by atoms with Crippen molar-refractivity contribution in [3.63, 3.8) is 0 Å². The highest BCUT2D eigenvalue weighted by Gasteiger charge is 2.07. The van der Waals surface area contributed by atoms with Crippen LogP contribution in [0.5, 0.6) is 5.75 Å². The van der Waals surface area contributed by atoms with E-state index in [4.69, 9.17) is 9.47 Å². The summed E-state index contributed by atoms with van der Waals surface area (Å²) in [6, 6.07) is 16.2. The third kappa shape index (κ3) is 11.9. The number of hydrogen-bond donors (Lipinski definition) is 3. The van der Waals surface area contributed by atoms with Crippen LogP contribution in [0.1, 0.15) is 30.5 Å². The van der Waals surface area contributed by atoms with Crippen LogP contribution >= 0.6 is 24.0 Å². The summed E-state index contributed by atoms with van der Waals surface area (Å²) >= 11 is 0. The van der Waals surface area contributed by atoms with E-state index < -0.39 is 0 Å². The summed E-state index contributed by atoms with van der Waals surface area (Å²) < 4.78 is 11.2. The topological polar surface area (TPSA) is 84.0 Å². The molecule has 7 nitrogen and oxygen atoms in total. The molecule has 0 heterocycles. The number of nitrogens with one attached hydrogen (secondary N) is 3. The number of aliphatic imine (C=N–C) groups is 1. The van der Waals surface area contributed by atoms with Crippen LogP contribution in [0, 0.1) is 6.92 Å². The van der Waals surface area contributed by atoms with Gasteiger partial charge in [0, 0.05) is 25.3 Å². The van der Waals surface area contributed by atoms with Gasteiger partial charge >= 0.3 is 0 Å². The van der Waals surface area contributed by atoms with E-state index in [2.05, 4.69) is 33.1 Å². The average molecular weight is 569 g/mol. The fourth-order valence-corrected chi connectivity index (χ4v) is 3.01. The molecule has 8 heteroatoms. The first-order valence-corrected chi connectivity index (χ1v) is 11.2. The molecule has 2 rings (SSSR count). The quantitative estimate of drug-likeness (QED) is 0.149. The molecule has 0 saturated carbocycles. The Morgan fingerprint density at radius 2 is 1.79 bits per heavy atom. The number of carbonyl (C=O) groups excluding carboxylic acids is 1. The maximum atomic E-state index is 12.2. The lowest BCUT2D eigenvalue weighted by molar-refractivity contribution is -0.119. The standard InChI is InChI=1S/C25H36N4O3.HI/c1-4-26-25(29-19-24(30)27-14-13-21-9-7-6-8-10-21)28-18-22-12-11-20(3)17-23(22)32-16-15-31-5-2;/h6-12,17H,4-5,13-16,18-19H2,1-3H3,(H,27,30)(H2,26,28,29);1H. The molecule has 0 aliphatic rings. The van der Waals surface area contributed by atoms with Crippen molar-refractivity contribution in [2.45, 2.75) is 33.7 Å². The number of benzene rings is 2. The lowest BCUT2D eigenvalue weighted by atomic mass is 10.1. The maximum absolute atomic E-state index is 12.2. The summed E-state index contributed by atoms with van der Waals surface area (Å²) in [6.07, 6.45) is 0.806. The predicted molar refractivity (Wildman–Crippen MR) is 145 cm³/mol. The average Bonchev–Trinajstić information content (AvgIpc) is 2.80. The molecule has 33 heavy (non-hydrogen) atoms. The first kappa shape index (κ1) is 28.7. The molecule has 182 valence electrons. The minimum Gasteiger partial charge on any atom is -0.491 e. The van der Waals surface area contributed by atoms with Crippen LogP contribution in [0.3, 0.4) is 0 Å². The van der Waals surface area contributed by atoms with E-state index in [9.17, 15) is 4.79 Å². The van der Waals surface area contributed by atoms with Crippen LogP contribution in [0.2, 0.25) is 0 Å². The van der Waals surface area contributed by atoms with Crippen molar-refractivity contribution in [3.8, 4) is 5.75 Å². The van der Waals surface area contributed by atoms with Crippen molar-refractivity contribution in [2.24, 2.45) is 4.99 Å². The van der Waals surface area contributed by atoms with E-state index in [0.29, 0.717) is 45.4 Å². The van der Waals surface area contributed by atoms with Gasteiger partial charge < -0.3 is 25.4 Å². The number of guanidine groups is 1. The van der Waals surface area contributed by atoms with Gasteiger partial charge in [0.1, 0.15) is 12.4 Å². The number of rotatable bonds is 13. The van der Waals surface area contributed by atoms with Crippen LogP contribution in [-0.4, -0.2) is 51.3 Å². The van der Waals surface area contributed by atoms with Crippen molar-refractivity contribution in [1.82, 2.24) is 16.0 Å². The van der Waals surface area contributed by atoms with E-state index in [1.807, 2.05) is 57.2 Å². The Hall–Kier alpha value is -2.33. The second-order valence-corrected chi connectivity index (χ2v) is 7.29. The molecule has 2 aromatic carbocycles. The molecule has 0 bridgehead atoms. The Labute approximate surface area is 214 Å². The smallest absolute Gasteiger partial charge is 0.239 e. The van der Waals surface area contributed by atoms with Crippen molar-refractivity contribution < 1.29 is 14.3 Å². The molecule has 0 aliphatic heterocycles. The SMILES string of the molecule is CCNC(=NCc1ccc(C)cc1OCCOCC)NCC(=O)NCCc1ccccc1.I. The Kier molecular flexibility index (Phi) is 14.9. The van der Waals surface area contributed by atoms with Gasteiger partial charge in [0.2, 0.25) is 5.91 Å². The monoisotopic (exact) mass is 568 g/mol. The van der Waals surface area contributed by atoms with Crippen molar-refractivity contribution in [3.05, 3.63) is 65.2 Å². The molecular weight excluding hydrogens is 531 g/mol. The third-order valence-corrected chi connectivity index (χ3v) is 4.66. The third-order valence-electron chi connectivity index (χ3n) is 4.66. The van der Waals surface area contributed by atoms with Crippen LogP contribution in [0.4, 0.5) is 0 Å². The van der Waals surface area contributed by atoms with Gasteiger partial charge in [0.15, 0.2) is 5.96 Å². The fourth-order valence-electron chi connectivity index (χ4n) is 3.01.